The van der Waals surface area contributed by atoms with E-state index in [1.54, 1.807) is 35.8 Å². The zero-order valence-corrected chi connectivity index (χ0v) is 17.1. The van der Waals surface area contributed by atoms with Crippen molar-refractivity contribution in [2.24, 2.45) is 0 Å². The monoisotopic (exact) mass is 424 g/mol. The van der Waals surface area contributed by atoms with Crippen molar-refractivity contribution in [2.75, 3.05) is 11.5 Å². The zero-order chi connectivity index (χ0) is 21.1. The van der Waals surface area contributed by atoms with Crippen molar-refractivity contribution in [1.29, 1.82) is 0 Å². The maximum atomic E-state index is 13.1. The second kappa shape index (κ2) is 8.54. The fraction of sp³-hybridized carbons (Fsp3) is 0.227. The Labute approximate surface area is 177 Å². The van der Waals surface area contributed by atoms with Gasteiger partial charge in [0.25, 0.3) is 5.91 Å². The second-order valence-electron chi connectivity index (χ2n) is 6.74. The van der Waals surface area contributed by atoms with Gasteiger partial charge in [0.1, 0.15) is 5.75 Å². The number of carbonyl (C=O) groups is 2. The third kappa shape index (κ3) is 3.61. The van der Waals surface area contributed by atoms with Crippen molar-refractivity contribution < 1.29 is 23.8 Å². The lowest BCUT2D eigenvalue weighted by atomic mass is 9.95. The Kier molecular flexibility index (Phi) is 5.67. The molecule has 7 nitrogen and oxygen atoms in total. The summed E-state index contributed by atoms with van der Waals surface area (Å²) in [6.45, 7) is 2.65. The molecule has 0 saturated heterocycles. The van der Waals surface area contributed by atoms with Crippen LogP contribution in [0, 0.1) is 0 Å². The number of Topliss-reactive ketones (excluding diaryl/α,β-unsaturated/α-hetero) is 1. The fourth-order valence-corrected chi connectivity index (χ4v) is 4.00. The van der Waals surface area contributed by atoms with Crippen LogP contribution in [0.15, 0.2) is 70.0 Å². The van der Waals surface area contributed by atoms with Gasteiger partial charge in [-0.3, -0.25) is 14.5 Å². The molecule has 0 bridgehead atoms. The van der Waals surface area contributed by atoms with Gasteiger partial charge in [-0.25, -0.2) is 4.98 Å². The summed E-state index contributed by atoms with van der Waals surface area (Å²) >= 11 is 1.25. The molecule has 0 saturated carbocycles. The van der Waals surface area contributed by atoms with Gasteiger partial charge in [-0.15, -0.1) is 11.3 Å². The molecule has 3 aromatic rings. The summed E-state index contributed by atoms with van der Waals surface area (Å²) in [5.41, 5.74) is 0.586. The summed E-state index contributed by atoms with van der Waals surface area (Å²) in [5.74, 6) is -1.15. The number of benzene rings is 1. The summed E-state index contributed by atoms with van der Waals surface area (Å²) in [7, 11) is 0. The molecule has 1 unspecified atom stereocenters. The van der Waals surface area contributed by atoms with Crippen LogP contribution in [0.25, 0.3) is 0 Å². The number of furan rings is 1. The Morgan fingerprint density at radius 3 is 2.90 bits per heavy atom. The van der Waals surface area contributed by atoms with Crippen molar-refractivity contribution in [2.45, 2.75) is 25.8 Å². The van der Waals surface area contributed by atoms with Crippen LogP contribution in [-0.4, -0.2) is 28.4 Å². The van der Waals surface area contributed by atoms with E-state index in [1.807, 2.05) is 6.07 Å². The molecular formula is C22H20N2O5S. The number of carbonyl (C=O) groups excluding carboxylic acids is 2. The first-order valence-corrected chi connectivity index (χ1v) is 10.5. The predicted octanol–water partition coefficient (Wildman–Crippen LogP) is 4.70. The topological polar surface area (TPSA) is 92.9 Å². The van der Waals surface area contributed by atoms with Gasteiger partial charge in [0.15, 0.2) is 16.7 Å². The first kappa shape index (κ1) is 19.9. The maximum absolute atomic E-state index is 13.1. The van der Waals surface area contributed by atoms with Gasteiger partial charge in [-0.05, 0) is 36.2 Å². The van der Waals surface area contributed by atoms with E-state index in [0.29, 0.717) is 23.1 Å². The Morgan fingerprint density at radius 2 is 2.20 bits per heavy atom. The molecule has 1 amide bonds. The highest BCUT2D eigenvalue weighted by atomic mass is 32.1. The van der Waals surface area contributed by atoms with E-state index >= 15 is 0 Å². The van der Waals surface area contributed by atoms with Gasteiger partial charge in [-0.1, -0.05) is 25.5 Å². The first-order valence-electron chi connectivity index (χ1n) is 9.59. The molecule has 0 spiro atoms. The molecule has 1 aliphatic rings. The lowest BCUT2D eigenvalue weighted by Gasteiger charge is -2.24. The number of aliphatic hydroxyl groups excluding tert-OH is 1. The normalized spacial score (nSPS) is 16.4. The maximum Gasteiger partial charge on any atom is 0.296 e. The summed E-state index contributed by atoms with van der Waals surface area (Å²) in [6, 6.07) is 9.42. The summed E-state index contributed by atoms with van der Waals surface area (Å²) in [4.78, 5) is 31.6. The summed E-state index contributed by atoms with van der Waals surface area (Å²) < 4.78 is 11.0. The minimum atomic E-state index is -0.851. The average molecular weight is 424 g/mol. The predicted molar refractivity (Wildman–Crippen MR) is 112 cm³/mol. The van der Waals surface area contributed by atoms with Crippen molar-refractivity contribution >= 4 is 28.2 Å². The number of hydrogen-bond donors (Lipinski definition) is 1. The largest absolute Gasteiger partial charge is 0.503 e. The number of ketones is 1. The number of nitrogens with zero attached hydrogens (tertiary/aromatic N) is 2. The Morgan fingerprint density at radius 1 is 1.33 bits per heavy atom. The quantitative estimate of drug-likeness (QED) is 0.416. The van der Waals surface area contributed by atoms with Crippen LogP contribution in [-0.2, 0) is 4.79 Å². The Balaban J connectivity index is 1.78. The van der Waals surface area contributed by atoms with Crippen LogP contribution >= 0.6 is 11.3 Å². The number of anilines is 1. The number of aromatic nitrogens is 1. The molecule has 1 aromatic carbocycles. The van der Waals surface area contributed by atoms with Crippen LogP contribution in [0.5, 0.6) is 5.75 Å². The summed E-state index contributed by atoms with van der Waals surface area (Å²) in [5, 5.41) is 12.8. The van der Waals surface area contributed by atoms with Crippen LogP contribution < -0.4 is 9.64 Å². The van der Waals surface area contributed by atoms with Crippen molar-refractivity contribution in [1.82, 2.24) is 4.98 Å². The third-order valence-electron chi connectivity index (χ3n) is 4.76. The average Bonchev–Trinajstić information content (AvgIpc) is 3.50. The van der Waals surface area contributed by atoms with Crippen LogP contribution in [0.4, 0.5) is 5.13 Å². The number of amides is 1. The molecule has 1 N–H and O–H groups in total. The van der Waals surface area contributed by atoms with Crippen molar-refractivity contribution in [3.8, 4) is 5.75 Å². The van der Waals surface area contributed by atoms with Crippen LogP contribution in [0.3, 0.4) is 0 Å². The minimum Gasteiger partial charge on any atom is -0.503 e. The van der Waals surface area contributed by atoms with E-state index in [1.165, 1.54) is 28.6 Å². The van der Waals surface area contributed by atoms with Gasteiger partial charge < -0.3 is 14.3 Å². The van der Waals surface area contributed by atoms with E-state index in [-0.39, 0.29) is 11.3 Å². The molecule has 8 heteroatoms. The Bertz CT molecular complexity index is 1070. The van der Waals surface area contributed by atoms with E-state index in [0.717, 1.165) is 12.8 Å². The molecule has 30 heavy (non-hydrogen) atoms. The SMILES string of the molecule is CCCCOc1cccc(C2C(C(=O)c3ccco3)=C(O)C(=O)N2c2nccs2)c1. The molecule has 0 fully saturated rings. The van der Waals surface area contributed by atoms with E-state index in [9.17, 15) is 14.7 Å². The highest BCUT2D eigenvalue weighted by Gasteiger charge is 2.46. The van der Waals surface area contributed by atoms with Gasteiger partial charge in [0.2, 0.25) is 5.78 Å². The highest BCUT2D eigenvalue weighted by Crippen LogP contribution is 2.43. The van der Waals surface area contributed by atoms with Crippen LogP contribution in [0.1, 0.15) is 41.9 Å². The molecule has 154 valence electrons. The van der Waals surface area contributed by atoms with E-state index in [4.69, 9.17) is 9.15 Å². The summed E-state index contributed by atoms with van der Waals surface area (Å²) in [6.07, 6.45) is 4.86. The van der Waals surface area contributed by atoms with E-state index < -0.39 is 23.5 Å². The molecule has 4 rings (SSSR count). The molecule has 1 aliphatic heterocycles. The molecule has 1 atom stereocenters. The Hall–Kier alpha value is -3.39. The molecule has 3 heterocycles. The van der Waals surface area contributed by atoms with Crippen molar-refractivity contribution in [3.05, 3.63) is 76.9 Å². The standard InChI is InChI=1S/C22H20N2O5S/c1-2-3-10-28-15-7-4-6-14(13-15)18-17(19(25)16-8-5-11-29-16)20(26)21(27)24(18)22-23-9-12-30-22/h4-9,11-13,18,26H,2-3,10H2,1H3. The first-order chi connectivity index (χ1) is 14.6. The number of unbranched alkanes of at least 4 members (excludes halogenated alkanes) is 1. The lowest BCUT2D eigenvalue weighted by Crippen LogP contribution is -2.30. The van der Waals surface area contributed by atoms with Gasteiger partial charge in [0.05, 0.1) is 24.5 Å². The second-order valence-corrected chi connectivity index (χ2v) is 7.61. The molecule has 2 aromatic heterocycles. The zero-order valence-electron chi connectivity index (χ0n) is 16.3. The van der Waals surface area contributed by atoms with E-state index in [2.05, 4.69) is 11.9 Å². The van der Waals surface area contributed by atoms with Gasteiger partial charge in [0, 0.05) is 11.6 Å². The smallest absolute Gasteiger partial charge is 0.296 e. The minimum absolute atomic E-state index is 0.0455. The molecule has 0 aliphatic carbocycles. The number of aliphatic hydroxyl groups is 1. The highest BCUT2D eigenvalue weighted by molar-refractivity contribution is 7.13. The number of rotatable bonds is 8. The number of hydrogen-bond acceptors (Lipinski definition) is 7. The molecular weight excluding hydrogens is 404 g/mol. The lowest BCUT2D eigenvalue weighted by molar-refractivity contribution is -0.117. The third-order valence-corrected chi connectivity index (χ3v) is 5.53. The van der Waals surface area contributed by atoms with Gasteiger partial charge >= 0.3 is 0 Å². The van der Waals surface area contributed by atoms with Crippen LogP contribution in [0.2, 0.25) is 0 Å². The number of ether oxygens (including phenoxy) is 1. The fourth-order valence-electron chi connectivity index (χ4n) is 3.33. The molecule has 0 radical (unpaired) electrons. The van der Waals surface area contributed by atoms with Crippen molar-refractivity contribution in [3.63, 3.8) is 0 Å². The van der Waals surface area contributed by atoms with Gasteiger partial charge in [-0.2, -0.15) is 0 Å². The number of thiazole rings is 1.